The number of ether oxygens (including phenoxy) is 1. The number of fused-ring (bicyclic) bond motifs is 1. The summed E-state index contributed by atoms with van der Waals surface area (Å²) in [4.78, 5) is 4.27. The standard InChI is InChI=1S/C32H36N6O/c1-23-30-24(2)38(35-31(30)32(34-33-23)36(3)4)28-18-12-13-19-29(28)39-27(20-25-14-8-6-9-15-25)22-37(5)21-26-16-10-7-11-17-26/h6-19,27H,20-22H2,1-5H3. The molecular formula is C32H36N6O. The van der Waals surface area contributed by atoms with E-state index in [1.807, 2.05) is 48.8 Å². The van der Waals surface area contributed by atoms with E-state index in [4.69, 9.17) is 9.84 Å². The number of hydrogen-bond acceptors (Lipinski definition) is 6. The van der Waals surface area contributed by atoms with E-state index in [0.717, 1.165) is 59.1 Å². The highest BCUT2D eigenvalue weighted by atomic mass is 16.5. The van der Waals surface area contributed by atoms with Crippen molar-refractivity contribution in [1.82, 2.24) is 24.9 Å². The van der Waals surface area contributed by atoms with Gasteiger partial charge in [-0.15, -0.1) is 5.10 Å². The topological polar surface area (TPSA) is 59.3 Å². The molecule has 5 rings (SSSR count). The van der Waals surface area contributed by atoms with Crippen molar-refractivity contribution >= 4 is 16.7 Å². The molecule has 0 saturated heterocycles. The van der Waals surface area contributed by atoms with E-state index in [2.05, 4.69) is 95.8 Å². The largest absolute Gasteiger partial charge is 0.486 e. The molecule has 0 amide bonds. The molecule has 5 aromatic rings. The molecule has 39 heavy (non-hydrogen) atoms. The molecule has 0 aliphatic rings. The molecule has 0 N–H and O–H groups in total. The lowest BCUT2D eigenvalue weighted by atomic mass is 10.1. The van der Waals surface area contributed by atoms with Gasteiger partial charge in [-0.2, -0.15) is 10.2 Å². The number of nitrogens with zero attached hydrogens (tertiary/aromatic N) is 6. The fourth-order valence-corrected chi connectivity index (χ4v) is 5.09. The molecule has 0 aliphatic carbocycles. The van der Waals surface area contributed by atoms with Crippen LogP contribution in [0.3, 0.4) is 0 Å². The Bertz CT molecular complexity index is 1530. The van der Waals surface area contributed by atoms with Gasteiger partial charge in [-0.25, -0.2) is 4.68 Å². The number of anilines is 1. The molecule has 2 aromatic heterocycles. The average molecular weight is 521 g/mol. The maximum Gasteiger partial charge on any atom is 0.179 e. The van der Waals surface area contributed by atoms with Crippen LogP contribution in [0.2, 0.25) is 0 Å². The van der Waals surface area contributed by atoms with Gasteiger partial charge < -0.3 is 9.64 Å². The van der Waals surface area contributed by atoms with Gasteiger partial charge in [0, 0.05) is 33.6 Å². The van der Waals surface area contributed by atoms with E-state index in [-0.39, 0.29) is 6.10 Å². The molecule has 1 atom stereocenters. The first-order valence-electron chi connectivity index (χ1n) is 13.3. The van der Waals surface area contributed by atoms with Crippen LogP contribution in [-0.4, -0.2) is 58.7 Å². The minimum Gasteiger partial charge on any atom is -0.486 e. The lowest BCUT2D eigenvalue weighted by Gasteiger charge is -2.26. The van der Waals surface area contributed by atoms with E-state index >= 15 is 0 Å². The molecule has 0 fully saturated rings. The number of aryl methyl sites for hydroxylation is 2. The van der Waals surface area contributed by atoms with Crippen molar-refractivity contribution in [2.24, 2.45) is 0 Å². The molecule has 0 bridgehead atoms. The van der Waals surface area contributed by atoms with Crippen molar-refractivity contribution in [3.8, 4) is 11.4 Å². The van der Waals surface area contributed by atoms with Crippen LogP contribution >= 0.6 is 0 Å². The van der Waals surface area contributed by atoms with Crippen molar-refractivity contribution in [2.75, 3.05) is 32.6 Å². The Labute approximate surface area is 230 Å². The quantitative estimate of drug-likeness (QED) is 0.238. The third-order valence-corrected chi connectivity index (χ3v) is 6.91. The summed E-state index contributed by atoms with van der Waals surface area (Å²) in [6.07, 6.45) is 0.737. The van der Waals surface area contributed by atoms with Crippen LogP contribution in [0.4, 0.5) is 5.82 Å². The third kappa shape index (κ3) is 5.94. The predicted octanol–water partition coefficient (Wildman–Crippen LogP) is 5.62. The summed E-state index contributed by atoms with van der Waals surface area (Å²) in [7, 11) is 6.07. The van der Waals surface area contributed by atoms with Crippen LogP contribution in [0.15, 0.2) is 84.9 Å². The molecule has 0 spiro atoms. The second kappa shape index (κ2) is 11.7. The Balaban J connectivity index is 1.49. The Morgan fingerprint density at radius 1 is 0.795 bits per heavy atom. The Hall–Kier alpha value is -4.23. The maximum atomic E-state index is 6.83. The van der Waals surface area contributed by atoms with Crippen LogP contribution in [-0.2, 0) is 13.0 Å². The van der Waals surface area contributed by atoms with Gasteiger partial charge in [0.1, 0.15) is 23.1 Å². The SMILES string of the molecule is Cc1nnc(N(C)C)c2nn(-c3ccccc3OC(Cc3ccccc3)CN(C)Cc3ccccc3)c(C)c12. The van der Waals surface area contributed by atoms with Crippen LogP contribution < -0.4 is 9.64 Å². The summed E-state index contributed by atoms with van der Waals surface area (Å²) >= 11 is 0. The minimum absolute atomic E-state index is 0.0602. The number of aromatic nitrogens is 4. The van der Waals surface area contributed by atoms with Gasteiger partial charge in [-0.3, -0.25) is 4.90 Å². The smallest absolute Gasteiger partial charge is 0.179 e. The molecule has 3 aromatic carbocycles. The minimum atomic E-state index is -0.0602. The Morgan fingerprint density at radius 2 is 1.44 bits per heavy atom. The number of rotatable bonds is 10. The van der Waals surface area contributed by atoms with E-state index in [1.54, 1.807) is 0 Å². The monoisotopic (exact) mass is 520 g/mol. The van der Waals surface area contributed by atoms with Gasteiger partial charge in [0.15, 0.2) is 5.82 Å². The first kappa shape index (κ1) is 26.4. The number of para-hydroxylation sites is 2. The molecule has 7 heteroatoms. The molecule has 0 saturated carbocycles. The average Bonchev–Trinajstić information content (AvgIpc) is 3.27. The third-order valence-electron chi connectivity index (χ3n) is 6.91. The molecule has 1 unspecified atom stereocenters. The number of hydrogen-bond donors (Lipinski definition) is 0. The number of likely N-dealkylation sites (N-methyl/N-ethyl adjacent to an activating group) is 1. The van der Waals surface area contributed by atoms with E-state index in [9.17, 15) is 0 Å². The zero-order valence-electron chi connectivity index (χ0n) is 23.4. The first-order valence-corrected chi connectivity index (χ1v) is 13.3. The fraction of sp³-hybridized carbons (Fsp3) is 0.281. The second-order valence-electron chi connectivity index (χ2n) is 10.3. The molecule has 200 valence electrons. The molecular weight excluding hydrogens is 484 g/mol. The van der Waals surface area contributed by atoms with Crippen molar-refractivity contribution in [3.63, 3.8) is 0 Å². The fourth-order valence-electron chi connectivity index (χ4n) is 5.09. The van der Waals surface area contributed by atoms with Gasteiger partial charge in [-0.1, -0.05) is 72.8 Å². The summed E-state index contributed by atoms with van der Waals surface area (Å²) in [5.74, 6) is 1.55. The van der Waals surface area contributed by atoms with Crippen LogP contribution in [0.25, 0.3) is 16.6 Å². The van der Waals surface area contributed by atoms with Crippen molar-refractivity contribution < 1.29 is 4.74 Å². The summed E-state index contributed by atoms with van der Waals surface area (Å²) in [6.45, 7) is 5.69. The highest BCUT2D eigenvalue weighted by Gasteiger charge is 2.22. The van der Waals surface area contributed by atoms with E-state index in [1.165, 1.54) is 11.1 Å². The summed E-state index contributed by atoms with van der Waals surface area (Å²) in [5.41, 5.74) is 6.14. The normalized spacial score (nSPS) is 12.2. The first-order chi connectivity index (χ1) is 18.9. The van der Waals surface area contributed by atoms with E-state index in [0.29, 0.717) is 0 Å². The zero-order chi connectivity index (χ0) is 27.4. The van der Waals surface area contributed by atoms with Crippen molar-refractivity contribution in [3.05, 3.63) is 107 Å². The highest BCUT2D eigenvalue weighted by Crippen LogP contribution is 2.32. The van der Waals surface area contributed by atoms with Gasteiger partial charge in [0.2, 0.25) is 0 Å². The maximum absolute atomic E-state index is 6.83. The van der Waals surface area contributed by atoms with Gasteiger partial charge in [-0.05, 0) is 44.2 Å². The molecule has 0 aliphatic heterocycles. The lowest BCUT2D eigenvalue weighted by Crippen LogP contribution is -2.34. The zero-order valence-corrected chi connectivity index (χ0v) is 23.4. The second-order valence-corrected chi connectivity index (χ2v) is 10.3. The molecule has 7 nitrogen and oxygen atoms in total. The molecule has 2 heterocycles. The summed E-state index contributed by atoms with van der Waals surface area (Å²) in [6, 6.07) is 29.2. The summed E-state index contributed by atoms with van der Waals surface area (Å²) in [5, 5.41) is 14.8. The van der Waals surface area contributed by atoms with Crippen LogP contribution in [0.5, 0.6) is 5.75 Å². The predicted molar refractivity (Wildman–Crippen MR) is 158 cm³/mol. The lowest BCUT2D eigenvalue weighted by molar-refractivity contribution is 0.144. The summed E-state index contributed by atoms with van der Waals surface area (Å²) < 4.78 is 8.80. The van der Waals surface area contributed by atoms with Crippen LogP contribution in [0.1, 0.15) is 22.5 Å². The Kier molecular flexibility index (Phi) is 7.89. The van der Waals surface area contributed by atoms with E-state index < -0.39 is 0 Å². The van der Waals surface area contributed by atoms with Gasteiger partial charge in [0.05, 0.1) is 16.8 Å². The van der Waals surface area contributed by atoms with Gasteiger partial charge in [0.25, 0.3) is 0 Å². The number of benzene rings is 3. The van der Waals surface area contributed by atoms with Crippen LogP contribution in [0, 0.1) is 13.8 Å². The molecule has 0 radical (unpaired) electrons. The van der Waals surface area contributed by atoms with Gasteiger partial charge >= 0.3 is 0 Å². The highest BCUT2D eigenvalue weighted by molar-refractivity contribution is 5.92. The van der Waals surface area contributed by atoms with Crippen molar-refractivity contribution in [2.45, 2.75) is 32.9 Å². The Morgan fingerprint density at radius 3 is 2.13 bits per heavy atom. The van der Waals surface area contributed by atoms with Crippen molar-refractivity contribution in [1.29, 1.82) is 0 Å².